The van der Waals surface area contributed by atoms with Gasteiger partial charge in [-0.1, -0.05) is 82.1 Å². The fourth-order valence-corrected chi connectivity index (χ4v) is 4.51. The van der Waals surface area contributed by atoms with Crippen LogP contribution >= 0.6 is 0 Å². The zero-order valence-corrected chi connectivity index (χ0v) is 21.0. The summed E-state index contributed by atoms with van der Waals surface area (Å²) >= 11 is 0. The van der Waals surface area contributed by atoms with Crippen LogP contribution in [-0.2, 0) is 28.0 Å². The smallest absolute Gasteiger partial charge is 0.242 e. The standard InChI is InChI=1S/C29H40N2O2/c1-21-10-6-7-11-24(21)20-31(22(2)28(33)30-26-12-8-9-13-26)27(32)19-16-23-14-17-25(18-15-23)29(3,4)5/h6-7,10-11,14-15,17-18,22,26H,8-9,12-13,16,19-20H2,1-5H3,(H,30,33)/t22-/m0/s1. The molecule has 1 fully saturated rings. The number of hydrogen-bond acceptors (Lipinski definition) is 2. The molecule has 1 aliphatic rings. The zero-order valence-electron chi connectivity index (χ0n) is 21.0. The summed E-state index contributed by atoms with van der Waals surface area (Å²) in [4.78, 5) is 28.2. The lowest BCUT2D eigenvalue weighted by Gasteiger charge is -2.30. The van der Waals surface area contributed by atoms with Gasteiger partial charge in [-0.15, -0.1) is 0 Å². The molecular weight excluding hydrogens is 408 g/mol. The molecule has 4 heteroatoms. The summed E-state index contributed by atoms with van der Waals surface area (Å²) < 4.78 is 0. The van der Waals surface area contributed by atoms with E-state index in [1.807, 2.05) is 25.1 Å². The minimum absolute atomic E-state index is 0.0206. The summed E-state index contributed by atoms with van der Waals surface area (Å²) in [5.74, 6) is -0.0226. The lowest BCUT2D eigenvalue weighted by Crippen LogP contribution is -2.49. The van der Waals surface area contributed by atoms with Gasteiger partial charge in [0.15, 0.2) is 0 Å². The van der Waals surface area contributed by atoms with Crippen molar-refractivity contribution in [2.75, 3.05) is 0 Å². The van der Waals surface area contributed by atoms with Gasteiger partial charge in [0.2, 0.25) is 11.8 Å². The Bertz CT molecular complexity index is 937. The van der Waals surface area contributed by atoms with E-state index >= 15 is 0 Å². The van der Waals surface area contributed by atoms with Crippen LogP contribution in [0.25, 0.3) is 0 Å². The van der Waals surface area contributed by atoms with Crippen molar-refractivity contribution in [3.05, 3.63) is 70.8 Å². The molecule has 2 amide bonds. The van der Waals surface area contributed by atoms with Gasteiger partial charge in [-0.3, -0.25) is 9.59 Å². The third-order valence-electron chi connectivity index (χ3n) is 6.92. The molecule has 1 saturated carbocycles. The highest BCUT2D eigenvalue weighted by molar-refractivity contribution is 5.87. The first-order chi connectivity index (χ1) is 15.6. The lowest BCUT2D eigenvalue weighted by atomic mass is 9.86. The van der Waals surface area contributed by atoms with Crippen LogP contribution in [0, 0.1) is 6.92 Å². The summed E-state index contributed by atoms with van der Waals surface area (Å²) in [6, 6.07) is 16.4. The molecule has 0 radical (unpaired) electrons. The van der Waals surface area contributed by atoms with Crippen molar-refractivity contribution in [2.24, 2.45) is 0 Å². The third kappa shape index (κ3) is 6.93. The van der Waals surface area contributed by atoms with E-state index < -0.39 is 6.04 Å². The molecule has 0 aliphatic heterocycles. The second kappa shape index (κ2) is 11.0. The quantitative estimate of drug-likeness (QED) is 0.563. The van der Waals surface area contributed by atoms with E-state index in [4.69, 9.17) is 0 Å². The fourth-order valence-electron chi connectivity index (χ4n) is 4.51. The predicted octanol–water partition coefficient (Wildman–Crippen LogP) is 5.70. The highest BCUT2D eigenvalue weighted by Crippen LogP contribution is 2.23. The van der Waals surface area contributed by atoms with Gasteiger partial charge < -0.3 is 10.2 Å². The topological polar surface area (TPSA) is 49.4 Å². The van der Waals surface area contributed by atoms with Crippen LogP contribution in [0.15, 0.2) is 48.5 Å². The highest BCUT2D eigenvalue weighted by atomic mass is 16.2. The third-order valence-corrected chi connectivity index (χ3v) is 6.92. The molecule has 2 aromatic carbocycles. The van der Waals surface area contributed by atoms with E-state index in [1.165, 1.54) is 18.4 Å². The maximum Gasteiger partial charge on any atom is 0.242 e. The molecule has 1 atom stereocenters. The van der Waals surface area contributed by atoms with E-state index in [0.29, 0.717) is 19.4 Å². The van der Waals surface area contributed by atoms with E-state index in [0.717, 1.165) is 29.5 Å². The van der Waals surface area contributed by atoms with Gasteiger partial charge in [0.05, 0.1) is 0 Å². The Morgan fingerprint density at radius 2 is 1.67 bits per heavy atom. The molecule has 0 aromatic heterocycles. The average molecular weight is 449 g/mol. The van der Waals surface area contributed by atoms with Gasteiger partial charge in [0, 0.05) is 19.0 Å². The van der Waals surface area contributed by atoms with Crippen molar-refractivity contribution in [3.63, 3.8) is 0 Å². The van der Waals surface area contributed by atoms with Crippen LogP contribution in [0.1, 0.15) is 82.1 Å². The summed E-state index contributed by atoms with van der Waals surface area (Å²) in [6.45, 7) is 11.0. The van der Waals surface area contributed by atoms with Crippen molar-refractivity contribution in [1.29, 1.82) is 0 Å². The molecule has 0 spiro atoms. The van der Waals surface area contributed by atoms with Gasteiger partial charge in [0.25, 0.3) is 0 Å². The first kappa shape index (κ1) is 25.0. The van der Waals surface area contributed by atoms with Crippen molar-refractivity contribution < 1.29 is 9.59 Å². The minimum atomic E-state index is -0.499. The molecule has 1 aliphatic carbocycles. The predicted molar refractivity (Wildman–Crippen MR) is 135 cm³/mol. The van der Waals surface area contributed by atoms with Crippen LogP contribution in [0.4, 0.5) is 0 Å². The molecule has 0 saturated heterocycles. The zero-order chi connectivity index (χ0) is 24.0. The Hall–Kier alpha value is -2.62. The molecule has 0 heterocycles. The molecule has 33 heavy (non-hydrogen) atoms. The molecule has 0 bridgehead atoms. The van der Waals surface area contributed by atoms with Crippen LogP contribution in [0.3, 0.4) is 0 Å². The summed E-state index contributed by atoms with van der Waals surface area (Å²) in [5, 5.41) is 3.18. The SMILES string of the molecule is Cc1ccccc1CN(C(=O)CCc1ccc(C(C)(C)C)cc1)[C@@H](C)C(=O)NC1CCCC1. The Morgan fingerprint density at radius 1 is 1.03 bits per heavy atom. The second-order valence-electron chi connectivity index (χ2n) is 10.6. The lowest BCUT2D eigenvalue weighted by molar-refractivity contribution is -0.140. The Morgan fingerprint density at radius 3 is 2.27 bits per heavy atom. The summed E-state index contributed by atoms with van der Waals surface area (Å²) in [7, 11) is 0. The van der Waals surface area contributed by atoms with Crippen molar-refractivity contribution in [1.82, 2.24) is 10.2 Å². The minimum Gasteiger partial charge on any atom is -0.352 e. The maximum atomic E-state index is 13.4. The molecule has 4 nitrogen and oxygen atoms in total. The number of aryl methyl sites for hydroxylation is 2. The van der Waals surface area contributed by atoms with Gasteiger partial charge in [-0.25, -0.2) is 0 Å². The molecular formula is C29H40N2O2. The van der Waals surface area contributed by atoms with Crippen LogP contribution in [0.5, 0.6) is 0 Å². The van der Waals surface area contributed by atoms with E-state index in [9.17, 15) is 9.59 Å². The largest absolute Gasteiger partial charge is 0.352 e. The monoisotopic (exact) mass is 448 g/mol. The van der Waals surface area contributed by atoms with Crippen molar-refractivity contribution >= 4 is 11.8 Å². The molecule has 178 valence electrons. The van der Waals surface area contributed by atoms with E-state index in [-0.39, 0.29) is 23.3 Å². The first-order valence-electron chi connectivity index (χ1n) is 12.4. The number of amides is 2. The summed E-state index contributed by atoms with van der Waals surface area (Å²) in [5.41, 5.74) is 4.77. The van der Waals surface area contributed by atoms with E-state index in [1.54, 1.807) is 4.90 Å². The number of carbonyl (C=O) groups excluding carboxylic acids is 2. The van der Waals surface area contributed by atoms with Gasteiger partial charge in [0.1, 0.15) is 6.04 Å². The van der Waals surface area contributed by atoms with Crippen LogP contribution < -0.4 is 5.32 Å². The number of hydrogen-bond donors (Lipinski definition) is 1. The van der Waals surface area contributed by atoms with Crippen LogP contribution in [-0.4, -0.2) is 28.8 Å². The van der Waals surface area contributed by atoms with Gasteiger partial charge in [-0.2, -0.15) is 0 Å². The van der Waals surface area contributed by atoms with Gasteiger partial charge in [-0.05, 0) is 60.8 Å². The van der Waals surface area contributed by atoms with Crippen molar-refractivity contribution in [3.8, 4) is 0 Å². The highest BCUT2D eigenvalue weighted by Gasteiger charge is 2.28. The Kier molecular flexibility index (Phi) is 8.34. The number of rotatable bonds is 8. The van der Waals surface area contributed by atoms with E-state index in [2.05, 4.69) is 63.3 Å². The number of nitrogens with one attached hydrogen (secondary N) is 1. The second-order valence-corrected chi connectivity index (χ2v) is 10.6. The van der Waals surface area contributed by atoms with Crippen LogP contribution in [0.2, 0.25) is 0 Å². The molecule has 1 N–H and O–H groups in total. The maximum absolute atomic E-state index is 13.4. The van der Waals surface area contributed by atoms with Crippen molar-refractivity contribution in [2.45, 2.75) is 97.2 Å². The molecule has 2 aromatic rings. The number of carbonyl (C=O) groups is 2. The Labute approximate surface area is 199 Å². The van der Waals surface area contributed by atoms with Gasteiger partial charge >= 0.3 is 0 Å². The number of benzene rings is 2. The first-order valence-corrected chi connectivity index (χ1v) is 12.4. The normalized spacial score (nSPS) is 15.3. The Balaban J connectivity index is 1.70. The average Bonchev–Trinajstić information content (AvgIpc) is 3.29. The molecule has 0 unspecified atom stereocenters. The summed E-state index contributed by atoms with van der Waals surface area (Å²) in [6.07, 6.45) is 5.47. The fraction of sp³-hybridized carbons (Fsp3) is 0.517. The number of nitrogens with zero attached hydrogens (tertiary/aromatic N) is 1. The molecule has 3 rings (SSSR count).